The van der Waals surface area contributed by atoms with Gasteiger partial charge in [0.25, 0.3) is 5.91 Å². The molecule has 1 aromatic carbocycles. The minimum atomic E-state index is -0.399. The van der Waals surface area contributed by atoms with Crippen molar-refractivity contribution in [1.29, 1.82) is 0 Å². The topological polar surface area (TPSA) is 85.3 Å². The van der Waals surface area contributed by atoms with Gasteiger partial charge in [0.05, 0.1) is 24.6 Å². The van der Waals surface area contributed by atoms with Crippen LogP contribution in [-0.2, 0) is 11.3 Å². The Hall–Kier alpha value is -2.83. The molecule has 2 aliphatic rings. The van der Waals surface area contributed by atoms with Crippen molar-refractivity contribution >= 4 is 11.8 Å². The second-order valence-electron chi connectivity index (χ2n) is 7.88. The van der Waals surface area contributed by atoms with Gasteiger partial charge in [0.2, 0.25) is 5.91 Å². The zero-order valence-electron chi connectivity index (χ0n) is 16.1. The number of hydrogen-bond donors (Lipinski definition) is 2. The average Bonchev–Trinajstić information content (AvgIpc) is 3.16. The van der Waals surface area contributed by atoms with Crippen LogP contribution in [0.25, 0.3) is 0 Å². The molecule has 1 saturated carbocycles. The van der Waals surface area contributed by atoms with Gasteiger partial charge in [-0.2, -0.15) is 5.10 Å². The highest BCUT2D eigenvalue weighted by molar-refractivity contribution is 5.97. The Morgan fingerprint density at radius 3 is 2.89 bits per heavy atom. The van der Waals surface area contributed by atoms with E-state index >= 15 is 0 Å². The van der Waals surface area contributed by atoms with Gasteiger partial charge in [0.1, 0.15) is 11.4 Å². The lowest BCUT2D eigenvalue weighted by atomic mass is 9.81. The van der Waals surface area contributed by atoms with Crippen LogP contribution in [0.1, 0.15) is 43.0 Å². The highest BCUT2D eigenvalue weighted by atomic mass is 16.5. The molecular formula is C21H26N4O3. The highest BCUT2D eigenvalue weighted by Crippen LogP contribution is 2.36. The number of carbonyl (C=O) groups is 2. The van der Waals surface area contributed by atoms with Crippen molar-refractivity contribution < 1.29 is 14.3 Å². The summed E-state index contributed by atoms with van der Waals surface area (Å²) < 4.78 is 8.10. The van der Waals surface area contributed by atoms with Crippen molar-refractivity contribution in [2.24, 2.45) is 5.92 Å². The fourth-order valence-electron chi connectivity index (χ4n) is 4.03. The van der Waals surface area contributed by atoms with Gasteiger partial charge >= 0.3 is 0 Å². The molecule has 0 bridgehead atoms. The number of carbonyl (C=O) groups excluding carboxylic acids is 2. The lowest BCUT2D eigenvalue weighted by Gasteiger charge is -2.39. The molecule has 1 aliphatic heterocycles. The summed E-state index contributed by atoms with van der Waals surface area (Å²) in [7, 11) is 0. The number of aromatic nitrogens is 2. The first-order valence-electron chi connectivity index (χ1n) is 9.89. The Balaban J connectivity index is 1.34. The lowest BCUT2D eigenvalue weighted by molar-refractivity contribution is -0.126. The van der Waals surface area contributed by atoms with Gasteiger partial charge in [0.15, 0.2) is 0 Å². The third-order valence-electron chi connectivity index (χ3n) is 5.74. The van der Waals surface area contributed by atoms with Crippen LogP contribution in [0.4, 0.5) is 0 Å². The predicted octanol–water partition coefficient (Wildman–Crippen LogP) is 2.14. The summed E-state index contributed by atoms with van der Waals surface area (Å²) in [6.07, 6.45) is 6.83. The normalized spacial score (nSPS) is 25.2. The molecule has 1 unspecified atom stereocenters. The van der Waals surface area contributed by atoms with E-state index in [1.165, 1.54) is 0 Å². The van der Waals surface area contributed by atoms with E-state index in [1.807, 2.05) is 37.4 Å². The molecule has 1 atom stereocenters. The third kappa shape index (κ3) is 3.88. The number of nitrogens with zero attached hydrogens (tertiary/aromatic N) is 2. The van der Waals surface area contributed by atoms with E-state index < -0.39 is 5.60 Å². The van der Waals surface area contributed by atoms with Crippen molar-refractivity contribution in [2.45, 2.75) is 50.8 Å². The van der Waals surface area contributed by atoms with Gasteiger partial charge in [-0.3, -0.25) is 14.3 Å². The van der Waals surface area contributed by atoms with Crippen molar-refractivity contribution in [3.05, 3.63) is 48.3 Å². The average molecular weight is 382 g/mol. The summed E-state index contributed by atoms with van der Waals surface area (Å²) in [5.41, 5.74) is 0.187. The molecule has 1 spiro atoms. The Morgan fingerprint density at radius 1 is 1.36 bits per heavy atom. The molecule has 2 amide bonds. The molecule has 148 valence electrons. The highest BCUT2D eigenvalue weighted by Gasteiger charge is 2.40. The van der Waals surface area contributed by atoms with Gasteiger partial charge in [0, 0.05) is 18.4 Å². The van der Waals surface area contributed by atoms with Crippen LogP contribution < -0.4 is 15.4 Å². The van der Waals surface area contributed by atoms with E-state index in [0.29, 0.717) is 24.4 Å². The second-order valence-corrected chi connectivity index (χ2v) is 7.88. The molecule has 1 aliphatic carbocycles. The number of ether oxygens (including phenoxy) is 1. The number of amides is 2. The van der Waals surface area contributed by atoms with E-state index in [0.717, 1.165) is 25.7 Å². The second kappa shape index (κ2) is 7.66. The van der Waals surface area contributed by atoms with Crippen LogP contribution in [0, 0.1) is 5.92 Å². The van der Waals surface area contributed by atoms with Crippen LogP contribution in [0.2, 0.25) is 0 Å². The Labute approximate surface area is 164 Å². The van der Waals surface area contributed by atoms with Crippen LogP contribution in [0.3, 0.4) is 0 Å². The molecule has 0 radical (unpaired) electrons. The van der Waals surface area contributed by atoms with Gasteiger partial charge in [-0.05, 0) is 43.9 Å². The number of fused-ring (bicyclic) bond motifs is 1. The van der Waals surface area contributed by atoms with Crippen LogP contribution in [0.15, 0.2) is 42.7 Å². The number of hydrogen-bond acceptors (Lipinski definition) is 4. The first kappa shape index (κ1) is 18.5. The summed E-state index contributed by atoms with van der Waals surface area (Å²) in [6.45, 7) is 2.99. The maximum Gasteiger partial charge on any atom is 0.255 e. The molecular weight excluding hydrogens is 356 g/mol. The van der Waals surface area contributed by atoms with Crippen molar-refractivity contribution in [1.82, 2.24) is 20.4 Å². The smallest absolute Gasteiger partial charge is 0.255 e. The van der Waals surface area contributed by atoms with E-state index in [-0.39, 0.29) is 23.8 Å². The summed E-state index contributed by atoms with van der Waals surface area (Å²) in [5, 5.41) is 10.3. The van der Waals surface area contributed by atoms with E-state index in [2.05, 4.69) is 15.7 Å². The zero-order valence-corrected chi connectivity index (χ0v) is 16.1. The van der Waals surface area contributed by atoms with Crippen molar-refractivity contribution in [3.8, 4) is 5.75 Å². The third-order valence-corrected chi connectivity index (χ3v) is 5.74. The summed E-state index contributed by atoms with van der Waals surface area (Å²) >= 11 is 0. The van der Waals surface area contributed by atoms with Crippen molar-refractivity contribution in [3.63, 3.8) is 0 Å². The molecule has 4 rings (SSSR count). The number of nitrogens with one attached hydrogen (secondary N) is 2. The fourth-order valence-corrected chi connectivity index (χ4v) is 4.03. The monoisotopic (exact) mass is 382 g/mol. The molecule has 0 saturated heterocycles. The Kier molecular flexibility index (Phi) is 5.07. The lowest BCUT2D eigenvalue weighted by Crippen LogP contribution is -2.51. The standard InChI is InChI=1S/C21H26N4O3/c1-15(13-25-12-4-11-23-25)19(26)24-16-7-9-21(10-8-16)14-22-20(27)17-5-2-3-6-18(17)28-21/h2-6,11-12,15-16H,7-10,13-14H2,1H3,(H,22,27)(H,24,26). The SMILES string of the molecule is CC(Cn1cccn1)C(=O)NC1CCC2(CC1)CNC(=O)c1ccccc1O2. The van der Waals surface area contributed by atoms with E-state index in [1.54, 1.807) is 16.9 Å². The first-order valence-corrected chi connectivity index (χ1v) is 9.89. The molecule has 7 heteroatoms. The quantitative estimate of drug-likeness (QED) is 0.848. The largest absolute Gasteiger partial charge is 0.485 e. The van der Waals surface area contributed by atoms with Gasteiger partial charge in [-0.1, -0.05) is 19.1 Å². The summed E-state index contributed by atoms with van der Waals surface area (Å²) in [6, 6.07) is 9.36. The predicted molar refractivity (Wildman–Crippen MR) is 104 cm³/mol. The van der Waals surface area contributed by atoms with Crippen LogP contribution in [0.5, 0.6) is 5.75 Å². The maximum atomic E-state index is 12.5. The first-order chi connectivity index (χ1) is 13.5. The minimum Gasteiger partial charge on any atom is -0.485 e. The number of rotatable bonds is 4. The van der Waals surface area contributed by atoms with Gasteiger partial charge in [-0.15, -0.1) is 0 Å². The fraction of sp³-hybridized carbons (Fsp3) is 0.476. The molecule has 2 heterocycles. The minimum absolute atomic E-state index is 0.0527. The molecule has 7 nitrogen and oxygen atoms in total. The maximum absolute atomic E-state index is 12.5. The number of para-hydroxylation sites is 1. The molecule has 2 aromatic rings. The zero-order chi connectivity index (χ0) is 19.6. The van der Waals surface area contributed by atoms with Gasteiger partial charge < -0.3 is 15.4 Å². The molecule has 1 aromatic heterocycles. The molecule has 28 heavy (non-hydrogen) atoms. The summed E-state index contributed by atoms with van der Waals surface area (Å²) in [5.74, 6) is 0.469. The Bertz CT molecular complexity index is 841. The van der Waals surface area contributed by atoms with Gasteiger partial charge in [-0.25, -0.2) is 0 Å². The van der Waals surface area contributed by atoms with E-state index in [9.17, 15) is 9.59 Å². The molecule has 1 fully saturated rings. The van der Waals surface area contributed by atoms with E-state index in [4.69, 9.17) is 4.74 Å². The summed E-state index contributed by atoms with van der Waals surface area (Å²) in [4.78, 5) is 24.8. The Morgan fingerprint density at radius 2 is 2.14 bits per heavy atom. The van der Waals surface area contributed by atoms with Crippen LogP contribution >= 0.6 is 0 Å². The number of benzene rings is 1. The van der Waals surface area contributed by atoms with Crippen LogP contribution in [-0.4, -0.2) is 39.8 Å². The van der Waals surface area contributed by atoms with Crippen molar-refractivity contribution in [2.75, 3.05) is 6.54 Å². The molecule has 2 N–H and O–H groups in total.